The summed E-state index contributed by atoms with van der Waals surface area (Å²) in [4.78, 5) is 26.6. The number of hydrogen-bond acceptors (Lipinski definition) is 17. The summed E-state index contributed by atoms with van der Waals surface area (Å²) < 4.78 is 119. The molecule has 0 atom stereocenters. The van der Waals surface area contributed by atoms with Crippen molar-refractivity contribution >= 4 is 73.6 Å². The Balaban J connectivity index is 0.000000171. The van der Waals surface area contributed by atoms with Crippen molar-refractivity contribution in [2.75, 3.05) is 0 Å². The number of fused-ring (bicyclic) bond motifs is 4. The molecule has 0 spiro atoms. The van der Waals surface area contributed by atoms with Gasteiger partial charge in [0.05, 0.1) is 73.5 Å². The van der Waals surface area contributed by atoms with Crippen LogP contribution >= 0.6 is 0 Å². The van der Waals surface area contributed by atoms with E-state index in [0.717, 1.165) is 141 Å². The molecule has 5 N–H and O–H groups in total. The van der Waals surface area contributed by atoms with Gasteiger partial charge in [-0.1, -0.05) is 130 Å². The summed E-state index contributed by atoms with van der Waals surface area (Å²) in [5.41, 5.74) is 17.2. The molecule has 22 aromatic rings. The van der Waals surface area contributed by atoms with Crippen LogP contribution in [0, 0.1) is 12.7 Å². The van der Waals surface area contributed by atoms with Crippen molar-refractivity contribution in [3.05, 3.63) is 448 Å². The van der Waals surface area contributed by atoms with Crippen molar-refractivity contribution in [3.63, 3.8) is 0 Å². The average molecular weight is 1920 g/mol. The van der Waals surface area contributed by atoms with Gasteiger partial charge < -0.3 is 48.8 Å². The summed E-state index contributed by atoms with van der Waals surface area (Å²) in [5, 5.41) is 27.3. The van der Waals surface area contributed by atoms with Crippen LogP contribution in [-0.4, -0.2) is 79.6 Å². The van der Waals surface area contributed by atoms with Crippen LogP contribution in [0.1, 0.15) is 20.4 Å². The third-order valence-electron chi connectivity index (χ3n) is 22.9. The molecule has 0 amide bonds. The number of nitrogens with one attached hydrogen (secondary N) is 2. The van der Waals surface area contributed by atoms with Gasteiger partial charge in [0.2, 0.25) is 29.5 Å². The van der Waals surface area contributed by atoms with E-state index in [-0.39, 0.29) is 61.5 Å². The number of aromatic amines is 2. The lowest BCUT2D eigenvalue weighted by atomic mass is 10.1. The topological polar surface area (TPSA) is 293 Å². The summed E-state index contributed by atoms with van der Waals surface area (Å²) in [6.07, 6.45) is 0. The molecule has 0 bridgehead atoms. The number of halogens is 1. The highest BCUT2D eigenvalue weighted by molar-refractivity contribution is 7.92. The van der Waals surface area contributed by atoms with Crippen molar-refractivity contribution in [1.82, 2.24) is 39.0 Å². The van der Waals surface area contributed by atoms with E-state index in [2.05, 4.69) is 30.6 Å². The molecule has 0 fully saturated rings. The van der Waals surface area contributed by atoms with Gasteiger partial charge in [0, 0.05) is 35.0 Å². The molecule has 0 aliphatic rings. The number of aromatic hydroxyl groups is 3. The van der Waals surface area contributed by atoms with E-state index in [1.807, 2.05) is 279 Å². The average Bonchev–Trinajstić information content (AvgIpc) is 1.59. The Kier molecular flexibility index (Phi) is 27.9. The van der Waals surface area contributed by atoms with Gasteiger partial charge in [-0.25, -0.2) is 49.6 Å². The van der Waals surface area contributed by atoms with E-state index in [0.29, 0.717) is 40.3 Å². The second-order valence-corrected chi connectivity index (χ2v) is 38.2. The molecule has 0 aliphatic heterocycles. The van der Waals surface area contributed by atoms with E-state index in [1.165, 1.54) is 36.4 Å². The van der Waals surface area contributed by atoms with Crippen LogP contribution in [-0.2, 0) is 36.6 Å². The number of imidazole rings is 4. The van der Waals surface area contributed by atoms with Crippen molar-refractivity contribution in [1.29, 1.82) is 0 Å². The first-order valence-corrected chi connectivity index (χ1v) is 48.3. The van der Waals surface area contributed by atoms with Gasteiger partial charge in [0.15, 0.2) is 0 Å². The van der Waals surface area contributed by atoms with Crippen LogP contribution in [0.2, 0.25) is 0 Å². The Morgan fingerprint density at radius 1 is 0.262 bits per heavy atom. The van der Waals surface area contributed by atoms with Crippen molar-refractivity contribution < 1.29 is 63.9 Å². The predicted molar refractivity (Wildman–Crippen MR) is 551 cm³/mol. The fraction of sp³-hybridized carbons (Fsp3) is 0.0345. The van der Waals surface area contributed by atoms with Crippen LogP contribution < -0.4 is 18.9 Å². The molecular weight excluding hydrogens is 1830 g/mol. The summed E-state index contributed by atoms with van der Waals surface area (Å²) in [7, 11) is -9.15. The van der Waals surface area contributed by atoms with Gasteiger partial charge >= 0.3 is 0 Å². The number of hydrogen-bond donors (Lipinski definition) is 5. The van der Waals surface area contributed by atoms with Gasteiger partial charge in [0.25, 0.3) is 0 Å². The minimum absolute atomic E-state index is 0. The Hall–Kier alpha value is -17.8. The molecule has 25 heteroatoms. The number of phenolic OH excluding ortho intramolecular Hbond substituents is 3. The molecule has 0 radical (unpaired) electrons. The number of nitrogens with zero attached hydrogens (tertiary/aromatic N) is 6. The van der Waals surface area contributed by atoms with Gasteiger partial charge in [-0.15, -0.1) is 0 Å². The van der Waals surface area contributed by atoms with E-state index in [9.17, 15) is 29.6 Å². The number of aryl methyl sites for hydroxylation is 2. The molecule has 0 aliphatic carbocycles. The highest BCUT2D eigenvalue weighted by Crippen LogP contribution is 2.39. The Morgan fingerprint density at radius 3 is 0.858 bits per heavy atom. The lowest BCUT2D eigenvalue weighted by molar-refractivity contribution is 0.474. The molecule has 0 saturated carbocycles. The number of rotatable bonds is 21. The predicted octanol–water partition coefficient (Wildman–Crippen LogP) is 28.2. The van der Waals surface area contributed by atoms with Crippen LogP contribution in [0.15, 0.2) is 466 Å². The van der Waals surface area contributed by atoms with E-state index in [1.54, 1.807) is 121 Å². The van der Waals surface area contributed by atoms with Crippen molar-refractivity contribution in [2.24, 2.45) is 7.05 Å². The highest BCUT2D eigenvalue weighted by atomic mass is 32.2. The number of H-pyrrole nitrogens is 2. The number of phenols is 3. The number of benzene rings is 18. The molecule has 21 nitrogen and oxygen atoms in total. The SMILES string of the molecule is C.C.Cc1ccc(S(=O)(=O)c2ccc(Oc3ccc(-c4ccc(Oc5ccc(S(=O)(=O)c6ccc(-n7c(-c8ccc(Oc9ccc(-c%10nc%11ccccc%11n%10C)cc9)cc8)nc8ccccc87)cc6)cc5)cc4)cc3)cc2)cc1.O=S(=O)(c1ccc(O)cc1)c1ccc(F)cc1.Oc1ccc(-c2ccc(O)cc2)cc1.c1ccc2[nH]c(-c3ccc(Oc4ccc(-c5nc6ccccc6[nH]5)cc4)cc3)nc2c1. The molecule has 698 valence electrons. The highest BCUT2D eigenvalue weighted by Gasteiger charge is 2.24. The molecule has 4 heterocycles. The molecule has 18 aromatic carbocycles. The fourth-order valence-corrected chi connectivity index (χ4v) is 19.3. The van der Waals surface area contributed by atoms with E-state index < -0.39 is 35.3 Å². The quantitative estimate of drug-likeness (QED) is 0.0418. The monoisotopic (exact) mass is 1920 g/mol. The first kappa shape index (κ1) is 95.0. The van der Waals surface area contributed by atoms with Crippen LogP contribution in [0.4, 0.5) is 4.39 Å². The van der Waals surface area contributed by atoms with Crippen LogP contribution in [0.5, 0.6) is 63.2 Å². The summed E-state index contributed by atoms with van der Waals surface area (Å²) in [5.74, 6) is 8.38. The van der Waals surface area contributed by atoms with Crippen LogP contribution in [0.25, 0.3) is 118 Å². The van der Waals surface area contributed by atoms with Gasteiger partial charge in [-0.05, 0) is 357 Å². The Labute approximate surface area is 814 Å². The molecule has 141 heavy (non-hydrogen) atoms. The normalized spacial score (nSPS) is 11.2. The van der Waals surface area contributed by atoms with Gasteiger partial charge in [0.1, 0.15) is 92.4 Å². The Morgan fingerprint density at radius 2 is 0.511 bits per heavy atom. The lowest BCUT2D eigenvalue weighted by Crippen LogP contribution is -2.03. The zero-order chi connectivity index (χ0) is 95.7. The standard InChI is InChI=1S/C64H46N4O7S2.C26H18N4O.C12H9FO3S.C12H10O2.2CH4/c1-43-11-35-55(36-12-43)76(69,70)57-39-31-53(32-40-57)74-49-23-13-44(14-24-49)45-15-25-50(26-16-45)75-54-33-41-58(42-34-54)77(71,72)56-37-21-48(22-38-56)68-62-10-6-4-8-60(62)66-64(68)47-19-29-52(30-20-47)73-51-27-17-46(18-28-51)63-65-59-7-3-5-9-61(59)67(63)2;1-2-6-22-21(5-1)27-25(28-22)17-9-13-19(14-10-17)31-20-15-11-18(12-16-20)26-29-23-7-3-4-8-24(23)30-26;13-9-1-5-11(6-2-9)17(15,16)12-7-3-10(14)4-8-12;13-11-5-1-9(2-6-11)10-3-7-12(14)8-4-10;;/h3-42H,1-2H3;1-16H,(H,27,28)(H,29,30);1-8,14H;1-8,13-14H;2*1H4. The first-order valence-electron chi connectivity index (χ1n) is 43.9. The minimum atomic E-state index is -3.88. The molecule has 4 aromatic heterocycles. The third kappa shape index (κ3) is 21.6. The zero-order valence-electron chi connectivity index (χ0n) is 74.3. The summed E-state index contributed by atoms with van der Waals surface area (Å²) in [6, 6.07) is 129. The summed E-state index contributed by atoms with van der Waals surface area (Å²) in [6.45, 7) is 1.91. The molecule has 22 rings (SSSR count). The van der Waals surface area contributed by atoms with Crippen LogP contribution in [0.3, 0.4) is 0 Å². The fourth-order valence-electron chi connectivity index (χ4n) is 15.6. The smallest absolute Gasteiger partial charge is 0.206 e. The van der Waals surface area contributed by atoms with Crippen molar-refractivity contribution in [3.8, 4) is 137 Å². The van der Waals surface area contributed by atoms with Gasteiger partial charge in [-0.2, -0.15) is 0 Å². The summed E-state index contributed by atoms with van der Waals surface area (Å²) >= 11 is 0. The second-order valence-electron chi connectivity index (χ2n) is 32.3. The van der Waals surface area contributed by atoms with Gasteiger partial charge in [-0.3, -0.25) is 4.57 Å². The molecule has 0 unspecified atom stereocenters. The lowest BCUT2D eigenvalue weighted by Gasteiger charge is -2.12. The number of aromatic nitrogens is 8. The maximum absolute atomic E-state index is 14.0. The van der Waals surface area contributed by atoms with Crippen molar-refractivity contribution in [2.45, 2.75) is 51.1 Å². The van der Waals surface area contributed by atoms with E-state index in [4.69, 9.17) is 44.2 Å². The van der Waals surface area contributed by atoms with E-state index >= 15 is 0 Å². The maximum atomic E-state index is 14.0. The number of ether oxygens (including phenoxy) is 4. The second kappa shape index (κ2) is 41.4. The largest absolute Gasteiger partial charge is 0.508 e. The third-order valence-corrected chi connectivity index (χ3v) is 28.3. The first-order chi connectivity index (χ1) is 67.5. The number of para-hydroxylation sites is 8. The minimum Gasteiger partial charge on any atom is -0.508 e. The number of sulfone groups is 3. The Bertz CT molecular complexity index is 8230. The maximum Gasteiger partial charge on any atom is 0.206 e. The molecular formula is C116H91FN8O13S3. The molecule has 0 saturated heterocycles. The zero-order valence-corrected chi connectivity index (χ0v) is 76.7.